The van der Waals surface area contributed by atoms with Crippen LogP contribution in [0.1, 0.15) is 27.7 Å². The summed E-state index contributed by atoms with van der Waals surface area (Å²) in [7, 11) is -1.36. The van der Waals surface area contributed by atoms with Crippen LogP contribution in [0.4, 0.5) is 0 Å². The van der Waals surface area contributed by atoms with Gasteiger partial charge in [-0.05, 0) is 26.8 Å². The summed E-state index contributed by atoms with van der Waals surface area (Å²) in [6.07, 6.45) is 0.377. The van der Waals surface area contributed by atoms with Crippen LogP contribution in [-0.4, -0.2) is 28.8 Å². The molecule has 0 spiro atoms. The fourth-order valence-electron chi connectivity index (χ4n) is 0.965. The van der Waals surface area contributed by atoms with Crippen LogP contribution >= 0.6 is 7.52 Å². The Kier molecular flexibility index (Phi) is 4.46. The van der Waals surface area contributed by atoms with E-state index in [1.807, 2.05) is 27.7 Å². The van der Waals surface area contributed by atoms with Gasteiger partial charge in [0, 0.05) is 12.2 Å². The topological polar surface area (TPSA) is 40.5 Å². The summed E-state index contributed by atoms with van der Waals surface area (Å²) in [5.74, 6) is 0.266. The molecule has 0 aromatic carbocycles. The van der Waals surface area contributed by atoms with Gasteiger partial charge in [-0.3, -0.25) is 4.57 Å². The summed E-state index contributed by atoms with van der Waals surface area (Å²) in [4.78, 5) is 9.61. The summed E-state index contributed by atoms with van der Waals surface area (Å²) < 4.78 is 13.2. The van der Waals surface area contributed by atoms with Crippen molar-refractivity contribution in [1.29, 1.82) is 0 Å². The number of hydrogen-bond acceptors (Lipinski definition) is 1. The van der Waals surface area contributed by atoms with Crippen molar-refractivity contribution in [3.63, 3.8) is 0 Å². The van der Waals surface area contributed by atoms with Gasteiger partial charge in [-0.2, -0.15) is 0 Å². The Morgan fingerprint density at radius 1 is 1.33 bits per heavy atom. The van der Waals surface area contributed by atoms with E-state index in [0.29, 0.717) is 6.16 Å². The largest absolute Gasteiger partial charge is 0.333 e. The molecule has 0 heterocycles. The highest BCUT2D eigenvalue weighted by Crippen LogP contribution is 2.46. The van der Waals surface area contributed by atoms with E-state index in [2.05, 4.69) is 0 Å². The monoisotopic (exact) mass is 193 g/mol. The zero-order chi connectivity index (χ0) is 9.94. The summed E-state index contributed by atoms with van der Waals surface area (Å²) in [6, 6.07) is 0.125. The lowest BCUT2D eigenvalue weighted by atomic mass is 10.3. The van der Waals surface area contributed by atoms with Crippen molar-refractivity contribution < 1.29 is 9.46 Å². The van der Waals surface area contributed by atoms with Crippen molar-refractivity contribution in [3.05, 3.63) is 0 Å². The second kappa shape index (κ2) is 4.40. The van der Waals surface area contributed by atoms with Gasteiger partial charge in [0.05, 0.1) is 0 Å². The molecule has 1 atom stereocenters. The van der Waals surface area contributed by atoms with Crippen LogP contribution in [0.3, 0.4) is 0 Å². The van der Waals surface area contributed by atoms with Crippen molar-refractivity contribution in [2.24, 2.45) is 5.92 Å². The Morgan fingerprint density at radius 2 is 1.75 bits per heavy atom. The zero-order valence-electron chi connectivity index (χ0n) is 8.61. The Morgan fingerprint density at radius 3 is 2.00 bits per heavy atom. The van der Waals surface area contributed by atoms with E-state index in [4.69, 9.17) is 0 Å². The molecular weight excluding hydrogens is 173 g/mol. The first kappa shape index (κ1) is 12.2. The van der Waals surface area contributed by atoms with Gasteiger partial charge in [0.15, 0.2) is 0 Å². The quantitative estimate of drug-likeness (QED) is 0.695. The molecule has 0 radical (unpaired) electrons. The summed E-state index contributed by atoms with van der Waals surface area (Å²) in [5, 5.41) is 0. The van der Waals surface area contributed by atoms with Gasteiger partial charge in [0.1, 0.15) is 0 Å². The van der Waals surface area contributed by atoms with Crippen LogP contribution < -0.4 is 0 Å². The third-order valence-electron chi connectivity index (χ3n) is 1.84. The lowest BCUT2D eigenvalue weighted by molar-refractivity contribution is 0.339. The van der Waals surface area contributed by atoms with Gasteiger partial charge >= 0.3 is 0 Å². The second-order valence-corrected chi connectivity index (χ2v) is 6.23. The van der Waals surface area contributed by atoms with E-state index >= 15 is 0 Å². The molecule has 0 aromatic heterocycles. The third-order valence-corrected chi connectivity index (χ3v) is 4.50. The van der Waals surface area contributed by atoms with Gasteiger partial charge in [0.2, 0.25) is 0 Å². The number of nitrogens with zero attached hydrogens (tertiary/aromatic N) is 1. The number of hydrogen-bond donors (Lipinski definition) is 1. The maximum atomic E-state index is 11.6. The number of rotatable bonds is 4. The molecule has 0 aliphatic carbocycles. The average Bonchev–Trinajstić information content (AvgIpc) is 1.82. The first-order valence-electron chi connectivity index (χ1n) is 4.32. The molecule has 0 aromatic rings. The van der Waals surface area contributed by atoms with E-state index in [-0.39, 0.29) is 12.0 Å². The van der Waals surface area contributed by atoms with Crippen molar-refractivity contribution in [3.8, 4) is 0 Å². The molecular formula is C8H20NO2P. The molecule has 0 bridgehead atoms. The summed E-state index contributed by atoms with van der Waals surface area (Å²) in [5.41, 5.74) is 0. The molecule has 3 nitrogen and oxygen atoms in total. The minimum atomic E-state index is -3.06. The Hall–Kier alpha value is 0.150. The molecule has 0 fully saturated rings. The summed E-state index contributed by atoms with van der Waals surface area (Å²) >= 11 is 0. The summed E-state index contributed by atoms with van der Waals surface area (Å²) in [6.45, 7) is 7.75. The van der Waals surface area contributed by atoms with Crippen molar-refractivity contribution in [2.75, 3.05) is 13.2 Å². The lowest BCUT2D eigenvalue weighted by Crippen LogP contribution is -2.25. The maximum absolute atomic E-state index is 11.6. The third kappa shape index (κ3) is 3.70. The standard InChI is InChI=1S/C8H20NO2P/c1-7(2)6-12(10,11)9(5)8(3)4/h7-8H,6H2,1-5H3,(H,10,11). The Labute approximate surface area is 75.3 Å². The first-order chi connectivity index (χ1) is 5.27. The molecule has 0 saturated heterocycles. The fraction of sp³-hybridized carbons (Fsp3) is 1.00. The van der Waals surface area contributed by atoms with Gasteiger partial charge in [-0.25, -0.2) is 4.67 Å². The van der Waals surface area contributed by atoms with Crippen molar-refractivity contribution in [2.45, 2.75) is 33.7 Å². The first-order valence-corrected chi connectivity index (χ1v) is 6.12. The molecule has 12 heavy (non-hydrogen) atoms. The average molecular weight is 193 g/mol. The van der Waals surface area contributed by atoms with Gasteiger partial charge in [-0.15, -0.1) is 0 Å². The molecule has 74 valence electrons. The van der Waals surface area contributed by atoms with Crippen LogP contribution in [0.5, 0.6) is 0 Å². The molecule has 0 rings (SSSR count). The van der Waals surface area contributed by atoms with Gasteiger partial charge in [-0.1, -0.05) is 13.8 Å². The molecule has 0 aliphatic heterocycles. The smallest absolute Gasteiger partial charge is 0.270 e. The zero-order valence-corrected chi connectivity index (χ0v) is 9.51. The fourth-order valence-corrected chi connectivity index (χ4v) is 2.90. The minimum absolute atomic E-state index is 0.125. The Balaban J connectivity index is 4.29. The van der Waals surface area contributed by atoms with Crippen molar-refractivity contribution >= 4 is 7.52 Å². The van der Waals surface area contributed by atoms with E-state index in [1.54, 1.807) is 11.7 Å². The van der Waals surface area contributed by atoms with E-state index in [9.17, 15) is 9.46 Å². The molecule has 0 amide bonds. The van der Waals surface area contributed by atoms with Gasteiger partial charge < -0.3 is 4.89 Å². The van der Waals surface area contributed by atoms with E-state index in [1.165, 1.54) is 0 Å². The normalized spacial score (nSPS) is 17.4. The molecule has 0 saturated carbocycles. The van der Waals surface area contributed by atoms with E-state index < -0.39 is 7.52 Å². The molecule has 0 aliphatic rings. The predicted molar refractivity (Wildman–Crippen MR) is 52.4 cm³/mol. The SMILES string of the molecule is CC(C)CP(=O)(O)N(C)C(C)C. The highest BCUT2D eigenvalue weighted by Gasteiger charge is 2.27. The minimum Gasteiger partial charge on any atom is -0.333 e. The highest BCUT2D eigenvalue weighted by atomic mass is 31.2. The van der Waals surface area contributed by atoms with E-state index in [0.717, 1.165) is 0 Å². The predicted octanol–water partition coefficient (Wildman–Crippen LogP) is 2.17. The highest BCUT2D eigenvalue weighted by molar-refractivity contribution is 7.55. The molecule has 1 unspecified atom stereocenters. The van der Waals surface area contributed by atoms with Crippen LogP contribution in [0.25, 0.3) is 0 Å². The van der Waals surface area contributed by atoms with Crippen molar-refractivity contribution in [1.82, 2.24) is 4.67 Å². The Bertz CT molecular complexity index is 180. The maximum Gasteiger partial charge on any atom is 0.270 e. The second-order valence-electron chi connectivity index (χ2n) is 3.91. The van der Waals surface area contributed by atoms with Crippen LogP contribution in [0.2, 0.25) is 0 Å². The van der Waals surface area contributed by atoms with Crippen LogP contribution in [-0.2, 0) is 4.57 Å². The van der Waals surface area contributed by atoms with Crippen LogP contribution in [0, 0.1) is 5.92 Å². The van der Waals surface area contributed by atoms with Gasteiger partial charge in [0.25, 0.3) is 7.52 Å². The lowest BCUT2D eigenvalue weighted by Gasteiger charge is -2.27. The van der Waals surface area contributed by atoms with Crippen LogP contribution in [0.15, 0.2) is 0 Å². The molecule has 4 heteroatoms. The molecule has 1 N–H and O–H groups in total.